The van der Waals surface area contributed by atoms with Crippen LogP contribution < -0.4 is 0 Å². The number of fused-ring (bicyclic) bond motifs is 11. The number of aromatic nitrogens is 4. The zero-order valence-corrected chi connectivity index (χ0v) is 25.7. The van der Waals surface area contributed by atoms with E-state index in [9.17, 15) is 0 Å². The first-order valence-corrected chi connectivity index (χ1v) is 16.2. The van der Waals surface area contributed by atoms with Crippen molar-refractivity contribution in [3.63, 3.8) is 0 Å². The molecule has 5 nitrogen and oxygen atoms in total. The van der Waals surface area contributed by atoms with E-state index in [2.05, 4.69) is 165 Å². The lowest BCUT2D eigenvalue weighted by atomic mass is 10.00. The van der Waals surface area contributed by atoms with Crippen molar-refractivity contribution < 1.29 is 4.42 Å². The van der Waals surface area contributed by atoms with Crippen LogP contribution in [0.4, 0.5) is 0 Å². The van der Waals surface area contributed by atoms with Gasteiger partial charge in [-0.1, -0.05) is 78.9 Å². The summed E-state index contributed by atoms with van der Waals surface area (Å²) in [7, 11) is 0. The smallest absolute Gasteiger partial charge is 0.220 e. The van der Waals surface area contributed by atoms with Gasteiger partial charge in [0, 0.05) is 21.8 Å². The summed E-state index contributed by atoms with van der Waals surface area (Å²) in [4.78, 5) is 5.14. The van der Waals surface area contributed by atoms with Gasteiger partial charge in [-0.15, -0.1) is 0 Å². The molecule has 11 rings (SSSR count). The summed E-state index contributed by atoms with van der Waals surface area (Å²) in [6.45, 7) is 0. The van der Waals surface area contributed by atoms with Gasteiger partial charge in [0.1, 0.15) is 11.2 Å². The zero-order chi connectivity index (χ0) is 31.3. The summed E-state index contributed by atoms with van der Waals surface area (Å²) < 4.78 is 13.4. The third-order valence-corrected chi connectivity index (χ3v) is 9.84. The Hall–Kier alpha value is -6.59. The first-order valence-electron chi connectivity index (χ1n) is 16.2. The molecule has 0 aliphatic rings. The number of rotatable bonds is 3. The highest BCUT2D eigenvalue weighted by molar-refractivity contribution is 6.13. The zero-order valence-electron chi connectivity index (χ0n) is 25.7. The monoisotopic (exact) mass is 614 g/mol. The van der Waals surface area contributed by atoms with E-state index in [4.69, 9.17) is 9.40 Å². The third kappa shape index (κ3) is 3.42. The van der Waals surface area contributed by atoms with Gasteiger partial charge in [0.15, 0.2) is 0 Å². The van der Waals surface area contributed by atoms with E-state index in [0.717, 1.165) is 66.7 Å². The number of nitrogens with zero attached hydrogens (tertiary/aromatic N) is 4. The highest BCUT2D eigenvalue weighted by Crippen LogP contribution is 2.40. The van der Waals surface area contributed by atoms with E-state index in [0.29, 0.717) is 0 Å². The molecule has 0 aliphatic carbocycles. The van der Waals surface area contributed by atoms with Crippen LogP contribution in [0.1, 0.15) is 0 Å². The predicted octanol–water partition coefficient (Wildman–Crippen LogP) is 11.1. The van der Waals surface area contributed by atoms with Gasteiger partial charge in [-0.25, -0.2) is 4.98 Å². The molecule has 224 valence electrons. The standard InChI is InChI=1S/C43H26N4O/c1-2-11-29(12-3-1)45-34-15-6-4-13-30(34)31-25-27(21-23-35(31)45)28-22-24-40-32(26-28)42-39(19-10-20-41(42)48-40)47-38-18-9-8-17-37(38)46-36-16-7-5-14-33(36)44-43(46)47/h1-26H. The molecule has 11 aromatic rings. The number of hydrogen-bond donors (Lipinski definition) is 0. The van der Waals surface area contributed by atoms with Crippen molar-refractivity contribution >= 4 is 71.6 Å². The molecule has 0 fully saturated rings. The molecule has 0 atom stereocenters. The average molecular weight is 615 g/mol. The minimum absolute atomic E-state index is 0.855. The minimum atomic E-state index is 0.855. The first-order chi connectivity index (χ1) is 23.8. The van der Waals surface area contributed by atoms with E-state index >= 15 is 0 Å². The molecule has 0 spiro atoms. The van der Waals surface area contributed by atoms with Gasteiger partial charge >= 0.3 is 0 Å². The van der Waals surface area contributed by atoms with Crippen LogP contribution in [0.3, 0.4) is 0 Å². The minimum Gasteiger partial charge on any atom is -0.456 e. The molecular formula is C43H26N4O. The maximum Gasteiger partial charge on any atom is 0.220 e. The maximum absolute atomic E-state index is 6.50. The second-order valence-electron chi connectivity index (χ2n) is 12.4. The Kier molecular flexibility index (Phi) is 5.05. The van der Waals surface area contributed by atoms with Crippen molar-refractivity contribution in [3.05, 3.63) is 158 Å². The number of furan rings is 1. The van der Waals surface area contributed by atoms with Crippen LogP contribution in [0.25, 0.3) is 94.1 Å². The highest BCUT2D eigenvalue weighted by atomic mass is 16.3. The predicted molar refractivity (Wildman–Crippen MR) is 197 cm³/mol. The summed E-state index contributed by atoms with van der Waals surface area (Å²) in [6, 6.07) is 55.9. The average Bonchev–Trinajstić information content (AvgIpc) is 3.88. The Morgan fingerprint density at radius 3 is 2.00 bits per heavy atom. The van der Waals surface area contributed by atoms with Gasteiger partial charge in [-0.3, -0.25) is 8.97 Å². The molecule has 0 radical (unpaired) electrons. The molecule has 48 heavy (non-hydrogen) atoms. The second kappa shape index (κ2) is 9.47. The molecule has 0 bridgehead atoms. The topological polar surface area (TPSA) is 40.3 Å². The highest BCUT2D eigenvalue weighted by Gasteiger charge is 2.21. The molecular weight excluding hydrogens is 589 g/mol. The molecule has 0 N–H and O–H groups in total. The van der Waals surface area contributed by atoms with Crippen molar-refractivity contribution in [2.45, 2.75) is 0 Å². The summed E-state index contributed by atoms with van der Waals surface area (Å²) in [5.41, 5.74) is 12.9. The van der Waals surface area contributed by atoms with Crippen LogP contribution in [0.5, 0.6) is 0 Å². The van der Waals surface area contributed by atoms with Crippen LogP contribution in [-0.4, -0.2) is 18.5 Å². The molecule has 0 aliphatic heterocycles. The van der Waals surface area contributed by atoms with Gasteiger partial charge in [-0.05, 0) is 90.0 Å². The fourth-order valence-corrected chi connectivity index (χ4v) is 7.77. The van der Waals surface area contributed by atoms with Gasteiger partial charge in [0.25, 0.3) is 0 Å². The van der Waals surface area contributed by atoms with Crippen LogP contribution in [0.15, 0.2) is 162 Å². The van der Waals surface area contributed by atoms with Crippen molar-refractivity contribution in [1.82, 2.24) is 18.5 Å². The number of para-hydroxylation sites is 6. The van der Waals surface area contributed by atoms with Gasteiger partial charge < -0.3 is 8.98 Å². The van der Waals surface area contributed by atoms with Crippen molar-refractivity contribution in [3.8, 4) is 22.5 Å². The van der Waals surface area contributed by atoms with E-state index in [-0.39, 0.29) is 0 Å². The Labute approximate surface area is 274 Å². The number of benzene rings is 7. The lowest BCUT2D eigenvalue weighted by Gasteiger charge is -2.09. The molecule has 5 heteroatoms. The van der Waals surface area contributed by atoms with Gasteiger partial charge in [0.05, 0.1) is 44.2 Å². The molecule has 4 heterocycles. The molecule has 0 unspecified atom stereocenters. The van der Waals surface area contributed by atoms with Crippen LogP contribution >= 0.6 is 0 Å². The number of hydrogen-bond acceptors (Lipinski definition) is 2. The molecule has 0 amide bonds. The van der Waals surface area contributed by atoms with Crippen LogP contribution in [0.2, 0.25) is 0 Å². The lowest BCUT2D eigenvalue weighted by Crippen LogP contribution is -1.95. The Balaban J connectivity index is 1.16. The van der Waals surface area contributed by atoms with Crippen molar-refractivity contribution in [2.75, 3.05) is 0 Å². The molecule has 7 aromatic carbocycles. The van der Waals surface area contributed by atoms with Crippen LogP contribution in [-0.2, 0) is 0 Å². The fraction of sp³-hybridized carbons (Fsp3) is 0. The third-order valence-electron chi connectivity index (χ3n) is 9.84. The fourth-order valence-electron chi connectivity index (χ4n) is 7.77. The maximum atomic E-state index is 6.50. The summed E-state index contributed by atoms with van der Waals surface area (Å²) in [5, 5.41) is 4.63. The van der Waals surface area contributed by atoms with E-state index in [1.54, 1.807) is 0 Å². The number of imidazole rings is 2. The quantitative estimate of drug-likeness (QED) is 0.199. The SMILES string of the molecule is c1ccc(-n2c3ccccc3c3cc(-c4ccc5oc6cccc(-n7c8ccccc8n8c9ccccc9nc78)c6c5c4)ccc32)cc1. The Bertz CT molecular complexity index is 3060. The Morgan fingerprint density at radius 2 is 1.12 bits per heavy atom. The summed E-state index contributed by atoms with van der Waals surface area (Å²) in [6.07, 6.45) is 0. The van der Waals surface area contributed by atoms with E-state index < -0.39 is 0 Å². The summed E-state index contributed by atoms with van der Waals surface area (Å²) in [5.74, 6) is 0.885. The normalized spacial score (nSPS) is 12.2. The van der Waals surface area contributed by atoms with Crippen LogP contribution in [0, 0.1) is 0 Å². The van der Waals surface area contributed by atoms with Crippen molar-refractivity contribution in [2.24, 2.45) is 0 Å². The second-order valence-corrected chi connectivity index (χ2v) is 12.4. The van der Waals surface area contributed by atoms with Gasteiger partial charge in [0.2, 0.25) is 5.78 Å². The Morgan fingerprint density at radius 1 is 0.438 bits per heavy atom. The van der Waals surface area contributed by atoms with Gasteiger partial charge in [-0.2, -0.15) is 0 Å². The molecule has 4 aromatic heterocycles. The molecule has 0 saturated carbocycles. The van der Waals surface area contributed by atoms with E-state index in [1.807, 2.05) is 6.07 Å². The first kappa shape index (κ1) is 25.6. The lowest BCUT2D eigenvalue weighted by molar-refractivity contribution is 0.669. The molecule has 0 saturated heterocycles. The summed E-state index contributed by atoms with van der Waals surface area (Å²) >= 11 is 0. The van der Waals surface area contributed by atoms with E-state index in [1.165, 1.54) is 27.4 Å². The van der Waals surface area contributed by atoms with Crippen molar-refractivity contribution in [1.29, 1.82) is 0 Å². The largest absolute Gasteiger partial charge is 0.456 e.